The topological polar surface area (TPSA) is 134 Å². The summed E-state index contributed by atoms with van der Waals surface area (Å²) in [5.41, 5.74) is -0.407. The van der Waals surface area contributed by atoms with E-state index in [1.807, 2.05) is 13.8 Å². The van der Waals surface area contributed by atoms with E-state index in [0.29, 0.717) is 12.0 Å². The highest BCUT2D eigenvalue weighted by Gasteiger charge is 2.36. The van der Waals surface area contributed by atoms with Crippen molar-refractivity contribution in [1.82, 2.24) is 15.5 Å². The van der Waals surface area contributed by atoms with Crippen molar-refractivity contribution < 1.29 is 33.8 Å². The van der Waals surface area contributed by atoms with Crippen molar-refractivity contribution in [1.29, 1.82) is 0 Å². The van der Waals surface area contributed by atoms with Gasteiger partial charge in [0.05, 0.1) is 7.11 Å². The number of phenols is 1. The largest absolute Gasteiger partial charge is 0.508 e. The minimum absolute atomic E-state index is 0.0509. The van der Waals surface area contributed by atoms with Crippen molar-refractivity contribution in [2.45, 2.75) is 65.6 Å². The Balaban J connectivity index is 3.33. The highest BCUT2D eigenvalue weighted by atomic mass is 16.6. The summed E-state index contributed by atoms with van der Waals surface area (Å²) >= 11 is 0. The number of methoxy groups -OCH3 is 1. The van der Waals surface area contributed by atoms with E-state index in [9.17, 15) is 24.3 Å². The number of benzene rings is 1. The molecule has 1 rings (SSSR count). The smallest absolute Gasteiger partial charge is 0.408 e. The van der Waals surface area contributed by atoms with Gasteiger partial charge >= 0.3 is 12.1 Å². The molecule has 1 aromatic rings. The van der Waals surface area contributed by atoms with Crippen LogP contribution < -0.4 is 10.6 Å². The van der Waals surface area contributed by atoms with Crippen molar-refractivity contribution >= 4 is 23.9 Å². The van der Waals surface area contributed by atoms with Gasteiger partial charge in [-0.3, -0.25) is 14.4 Å². The molecule has 0 fully saturated rings. The van der Waals surface area contributed by atoms with E-state index < -0.39 is 41.6 Å². The second-order valence-corrected chi connectivity index (χ2v) is 9.24. The number of hydrogen-bond acceptors (Lipinski definition) is 7. The Morgan fingerprint density at radius 3 is 2.29 bits per heavy atom. The summed E-state index contributed by atoms with van der Waals surface area (Å²) in [7, 11) is 1.20. The molecule has 0 spiro atoms. The molecule has 34 heavy (non-hydrogen) atoms. The number of nitrogens with zero attached hydrogens (tertiary/aromatic N) is 1. The molecule has 1 aromatic carbocycles. The van der Waals surface area contributed by atoms with Crippen LogP contribution in [0, 0.1) is 5.92 Å². The number of aromatic hydroxyl groups is 1. The van der Waals surface area contributed by atoms with Crippen molar-refractivity contribution in [3.63, 3.8) is 0 Å². The van der Waals surface area contributed by atoms with E-state index >= 15 is 0 Å². The van der Waals surface area contributed by atoms with Gasteiger partial charge in [0.1, 0.15) is 30.0 Å². The van der Waals surface area contributed by atoms with Crippen LogP contribution in [0.3, 0.4) is 0 Å². The van der Waals surface area contributed by atoms with Gasteiger partial charge in [-0.05, 0) is 57.7 Å². The highest BCUT2D eigenvalue weighted by Crippen LogP contribution is 2.26. The first-order chi connectivity index (χ1) is 15.8. The first kappa shape index (κ1) is 28.7. The van der Waals surface area contributed by atoms with E-state index in [1.165, 1.54) is 24.1 Å². The van der Waals surface area contributed by atoms with Crippen molar-refractivity contribution in [3.05, 3.63) is 29.8 Å². The van der Waals surface area contributed by atoms with Gasteiger partial charge in [-0.25, -0.2) is 4.79 Å². The molecule has 0 saturated heterocycles. The maximum Gasteiger partial charge on any atom is 0.408 e. The molecule has 0 bridgehead atoms. The molecule has 0 radical (unpaired) electrons. The lowest BCUT2D eigenvalue weighted by molar-refractivity contribution is -0.144. The summed E-state index contributed by atoms with van der Waals surface area (Å²) in [6.07, 6.45) is -0.433. The van der Waals surface area contributed by atoms with Crippen LogP contribution in [-0.2, 0) is 23.9 Å². The van der Waals surface area contributed by atoms with Gasteiger partial charge in [-0.2, -0.15) is 0 Å². The van der Waals surface area contributed by atoms with E-state index in [4.69, 9.17) is 4.74 Å². The van der Waals surface area contributed by atoms with Gasteiger partial charge in [0, 0.05) is 6.54 Å². The number of amides is 3. The lowest BCUT2D eigenvalue weighted by Gasteiger charge is -2.34. The number of alkyl carbamates (subject to hydrolysis) is 1. The number of ether oxygens (including phenoxy) is 2. The molecule has 0 aliphatic carbocycles. The Hall–Kier alpha value is -3.30. The standard InChI is InChI=1S/C24H37N3O7/c1-8-27(22(31)18(12-15(2)3)26-23(32)34-24(4,5)6)20(16-10-9-11-17(28)13-16)21(30)25-14-19(29)33-7/h9-11,13,15,18,20,28H,8,12,14H2,1-7H3,(H,25,30)(H,26,32). The summed E-state index contributed by atoms with van der Waals surface area (Å²) < 4.78 is 9.88. The molecule has 10 nitrogen and oxygen atoms in total. The number of likely N-dealkylation sites (N-methyl/N-ethyl adjacent to an activating group) is 1. The Labute approximate surface area is 201 Å². The quantitative estimate of drug-likeness (QED) is 0.439. The second-order valence-electron chi connectivity index (χ2n) is 9.24. The number of nitrogens with one attached hydrogen (secondary N) is 2. The maximum absolute atomic E-state index is 13.6. The predicted molar refractivity (Wildman–Crippen MR) is 126 cm³/mol. The second kappa shape index (κ2) is 12.8. The number of carbonyl (C=O) groups excluding carboxylic acids is 4. The summed E-state index contributed by atoms with van der Waals surface area (Å²) in [5, 5.41) is 15.1. The van der Waals surface area contributed by atoms with Crippen molar-refractivity contribution in [3.8, 4) is 5.75 Å². The fourth-order valence-corrected chi connectivity index (χ4v) is 3.30. The molecular weight excluding hydrogens is 442 g/mol. The summed E-state index contributed by atoms with van der Waals surface area (Å²) in [4.78, 5) is 52.0. The zero-order chi connectivity index (χ0) is 26.1. The maximum atomic E-state index is 13.6. The third kappa shape index (κ3) is 9.29. The van der Waals surface area contributed by atoms with Crippen LogP contribution in [0.4, 0.5) is 4.79 Å². The predicted octanol–water partition coefficient (Wildman–Crippen LogP) is 2.51. The number of carbonyl (C=O) groups is 4. The lowest BCUT2D eigenvalue weighted by atomic mass is 9.99. The van der Waals surface area contributed by atoms with Crippen LogP contribution in [0.1, 0.15) is 59.6 Å². The molecular formula is C24H37N3O7. The third-order valence-electron chi connectivity index (χ3n) is 4.70. The van der Waals surface area contributed by atoms with E-state index in [-0.39, 0.29) is 24.8 Å². The van der Waals surface area contributed by atoms with Crippen LogP contribution in [0.2, 0.25) is 0 Å². The summed E-state index contributed by atoms with van der Waals surface area (Å²) in [5.74, 6) is -1.82. The van der Waals surface area contributed by atoms with Gasteiger partial charge in [0.2, 0.25) is 11.8 Å². The van der Waals surface area contributed by atoms with Crippen LogP contribution in [-0.4, -0.2) is 65.7 Å². The van der Waals surface area contributed by atoms with E-state index in [2.05, 4.69) is 15.4 Å². The molecule has 3 N–H and O–H groups in total. The Morgan fingerprint density at radius 2 is 1.79 bits per heavy atom. The number of rotatable bonds is 10. The normalized spacial score (nSPS) is 12.9. The molecule has 0 heterocycles. The SMILES string of the molecule is CCN(C(=O)C(CC(C)C)NC(=O)OC(C)(C)C)C(C(=O)NCC(=O)OC)c1cccc(O)c1. The van der Waals surface area contributed by atoms with Gasteiger partial charge in [-0.15, -0.1) is 0 Å². The Kier molecular flexibility index (Phi) is 10.8. The molecule has 2 unspecified atom stereocenters. The Bertz CT molecular complexity index is 864. The minimum atomic E-state index is -1.16. The molecule has 0 aliphatic rings. The number of esters is 1. The average molecular weight is 480 g/mol. The molecule has 190 valence electrons. The fraction of sp³-hybridized carbons (Fsp3) is 0.583. The van der Waals surface area contributed by atoms with Crippen LogP contribution in [0.15, 0.2) is 24.3 Å². The molecule has 10 heteroatoms. The molecule has 3 amide bonds. The first-order valence-corrected chi connectivity index (χ1v) is 11.2. The lowest BCUT2D eigenvalue weighted by Crippen LogP contribution is -2.53. The summed E-state index contributed by atoms with van der Waals surface area (Å²) in [6.45, 7) is 10.4. The third-order valence-corrected chi connectivity index (χ3v) is 4.70. The van der Waals surface area contributed by atoms with Gasteiger partial charge in [0.15, 0.2) is 0 Å². The molecule has 0 aliphatic heterocycles. The zero-order valence-electron chi connectivity index (χ0n) is 21.0. The monoisotopic (exact) mass is 479 g/mol. The van der Waals surface area contributed by atoms with Crippen LogP contribution in [0.25, 0.3) is 0 Å². The van der Waals surface area contributed by atoms with Crippen molar-refractivity contribution in [2.75, 3.05) is 20.2 Å². The van der Waals surface area contributed by atoms with Gasteiger partial charge in [0.25, 0.3) is 0 Å². The van der Waals surface area contributed by atoms with Crippen LogP contribution >= 0.6 is 0 Å². The first-order valence-electron chi connectivity index (χ1n) is 11.2. The number of hydrogen-bond donors (Lipinski definition) is 3. The highest BCUT2D eigenvalue weighted by molar-refractivity contribution is 5.93. The molecule has 0 aromatic heterocycles. The van der Waals surface area contributed by atoms with Crippen molar-refractivity contribution in [2.24, 2.45) is 5.92 Å². The minimum Gasteiger partial charge on any atom is -0.508 e. The summed E-state index contributed by atoms with van der Waals surface area (Å²) in [6, 6.07) is 3.84. The number of phenolic OH excluding ortho intramolecular Hbond substituents is 1. The molecule has 2 atom stereocenters. The van der Waals surface area contributed by atoms with Gasteiger partial charge in [-0.1, -0.05) is 26.0 Å². The van der Waals surface area contributed by atoms with E-state index in [0.717, 1.165) is 0 Å². The fourth-order valence-electron chi connectivity index (χ4n) is 3.30. The van der Waals surface area contributed by atoms with Crippen LogP contribution in [0.5, 0.6) is 5.75 Å². The Morgan fingerprint density at radius 1 is 1.15 bits per heavy atom. The average Bonchev–Trinajstić information content (AvgIpc) is 2.72. The zero-order valence-corrected chi connectivity index (χ0v) is 21.0. The van der Waals surface area contributed by atoms with Gasteiger partial charge < -0.3 is 30.1 Å². The van der Waals surface area contributed by atoms with E-state index in [1.54, 1.807) is 39.8 Å². The molecule has 0 saturated carbocycles.